The molecule has 0 aliphatic rings. The summed E-state index contributed by atoms with van der Waals surface area (Å²) in [6, 6.07) is 4.17. The smallest absolute Gasteiger partial charge is 0.306 e. The van der Waals surface area contributed by atoms with Gasteiger partial charge in [0.15, 0.2) is 0 Å². The van der Waals surface area contributed by atoms with Crippen molar-refractivity contribution < 1.29 is 13.2 Å². The number of nitrogens with one attached hydrogen (secondary N) is 1. The predicted molar refractivity (Wildman–Crippen MR) is 67.8 cm³/mol. The first kappa shape index (κ1) is 15.0. The summed E-state index contributed by atoms with van der Waals surface area (Å²) in [5.41, 5.74) is 2.67. The fourth-order valence-corrected chi connectivity index (χ4v) is 1.86. The quantitative estimate of drug-likeness (QED) is 0.848. The lowest BCUT2D eigenvalue weighted by Gasteiger charge is -2.22. The van der Waals surface area contributed by atoms with E-state index in [2.05, 4.69) is 5.32 Å². The fourth-order valence-electron chi connectivity index (χ4n) is 1.86. The molecule has 18 heavy (non-hydrogen) atoms. The molecule has 0 spiro atoms. The molecule has 0 aliphatic carbocycles. The summed E-state index contributed by atoms with van der Waals surface area (Å²) < 4.78 is 38.7. The van der Waals surface area contributed by atoms with Gasteiger partial charge in [-0.15, -0.1) is 0 Å². The van der Waals surface area contributed by atoms with Crippen LogP contribution in [-0.4, -0.2) is 18.8 Å². The van der Waals surface area contributed by atoms with Gasteiger partial charge in [0.05, 0.1) is 0 Å². The Bertz CT molecular complexity index is 385. The van der Waals surface area contributed by atoms with Gasteiger partial charge in [0.2, 0.25) is 0 Å². The molecule has 1 atom stereocenters. The monoisotopic (exact) mass is 259 g/mol. The number of hydrogen-bond donors (Lipinski definition) is 1. The van der Waals surface area contributed by atoms with E-state index < -0.39 is 12.2 Å². The molecule has 0 radical (unpaired) electrons. The zero-order valence-corrected chi connectivity index (χ0v) is 11.1. The van der Waals surface area contributed by atoms with Crippen LogP contribution >= 0.6 is 0 Å². The van der Waals surface area contributed by atoms with E-state index in [1.807, 2.05) is 39.0 Å². The largest absolute Gasteiger partial charge is 0.404 e. The molecule has 0 saturated heterocycles. The summed E-state index contributed by atoms with van der Waals surface area (Å²) >= 11 is 0. The van der Waals surface area contributed by atoms with E-state index in [0.29, 0.717) is 13.0 Å². The van der Waals surface area contributed by atoms with Crippen LogP contribution in [0.3, 0.4) is 0 Å². The van der Waals surface area contributed by atoms with E-state index in [1.54, 1.807) is 0 Å². The highest BCUT2D eigenvalue weighted by Gasteiger charge is 2.39. The van der Waals surface area contributed by atoms with Crippen LogP contribution in [0.5, 0.6) is 0 Å². The Labute approximate surface area is 106 Å². The van der Waals surface area contributed by atoms with Gasteiger partial charge in [-0.25, -0.2) is 0 Å². The lowest BCUT2D eigenvalue weighted by atomic mass is 9.98. The highest BCUT2D eigenvalue weighted by atomic mass is 19.4. The van der Waals surface area contributed by atoms with Crippen molar-refractivity contribution in [3.05, 3.63) is 34.9 Å². The summed E-state index contributed by atoms with van der Waals surface area (Å²) in [7, 11) is 0. The lowest BCUT2D eigenvalue weighted by molar-refractivity contribution is -0.155. The maximum Gasteiger partial charge on any atom is 0.404 e. The van der Waals surface area contributed by atoms with Gasteiger partial charge in [-0.05, 0) is 44.4 Å². The molecule has 1 N–H and O–H groups in total. The molecule has 1 nitrogen and oxygen atoms in total. The van der Waals surface area contributed by atoms with E-state index in [1.165, 1.54) is 0 Å². The van der Waals surface area contributed by atoms with Crippen molar-refractivity contribution in [3.8, 4) is 0 Å². The van der Waals surface area contributed by atoms with Gasteiger partial charge in [-0.2, -0.15) is 13.2 Å². The van der Waals surface area contributed by atoms with Crippen molar-refractivity contribution in [1.29, 1.82) is 0 Å². The number of benzene rings is 1. The maximum atomic E-state index is 12.9. The molecule has 1 aromatic carbocycles. The van der Waals surface area contributed by atoms with Crippen LogP contribution in [0.1, 0.15) is 30.0 Å². The average molecular weight is 259 g/mol. The molecule has 1 unspecified atom stereocenters. The van der Waals surface area contributed by atoms with Crippen molar-refractivity contribution in [3.63, 3.8) is 0 Å². The van der Waals surface area contributed by atoms with Crippen molar-refractivity contribution in [2.75, 3.05) is 6.54 Å². The minimum absolute atomic E-state index is 0.00296. The van der Waals surface area contributed by atoms with Crippen LogP contribution in [0.25, 0.3) is 0 Å². The van der Waals surface area contributed by atoms with Gasteiger partial charge in [0, 0.05) is 0 Å². The molecule has 0 aromatic heterocycles. The third-order valence-electron chi connectivity index (χ3n) is 2.96. The molecular formula is C14H20F3N. The van der Waals surface area contributed by atoms with Gasteiger partial charge >= 0.3 is 6.18 Å². The van der Waals surface area contributed by atoms with Crippen LogP contribution in [0.2, 0.25) is 0 Å². The highest BCUT2D eigenvalue weighted by molar-refractivity contribution is 5.31. The minimum Gasteiger partial charge on any atom is -0.306 e. The Morgan fingerprint density at radius 1 is 1.22 bits per heavy atom. The molecule has 4 heteroatoms. The Hall–Kier alpha value is -1.03. The van der Waals surface area contributed by atoms with Crippen LogP contribution in [0, 0.1) is 13.8 Å². The number of rotatable bonds is 5. The SMILES string of the molecule is CCCNC(Cc1cc(C)ccc1C)C(F)(F)F. The minimum atomic E-state index is -4.20. The second kappa shape index (κ2) is 6.23. The Morgan fingerprint density at radius 3 is 2.44 bits per heavy atom. The Kier molecular flexibility index (Phi) is 5.20. The summed E-state index contributed by atoms with van der Waals surface area (Å²) in [6.07, 6.45) is -3.51. The molecule has 0 saturated carbocycles. The molecule has 1 aromatic rings. The molecule has 0 bridgehead atoms. The lowest BCUT2D eigenvalue weighted by Crippen LogP contribution is -2.44. The first-order chi connectivity index (χ1) is 8.34. The average Bonchev–Trinajstić information content (AvgIpc) is 2.27. The van der Waals surface area contributed by atoms with Crippen molar-refractivity contribution in [1.82, 2.24) is 5.32 Å². The summed E-state index contributed by atoms with van der Waals surface area (Å²) in [4.78, 5) is 0. The molecule has 0 fully saturated rings. The molecule has 0 heterocycles. The number of hydrogen-bond acceptors (Lipinski definition) is 1. The third-order valence-corrected chi connectivity index (χ3v) is 2.96. The topological polar surface area (TPSA) is 12.0 Å². The molecule has 1 rings (SSSR count). The predicted octanol–water partition coefficient (Wildman–Crippen LogP) is 3.78. The van der Waals surface area contributed by atoms with Crippen LogP contribution in [-0.2, 0) is 6.42 Å². The molecule has 0 amide bonds. The van der Waals surface area contributed by atoms with Crippen LogP contribution in [0.4, 0.5) is 13.2 Å². The van der Waals surface area contributed by atoms with Crippen LogP contribution < -0.4 is 5.32 Å². The number of alkyl halides is 3. The molecule has 102 valence electrons. The summed E-state index contributed by atoms with van der Waals surface area (Å²) in [6.45, 7) is 5.99. The first-order valence-electron chi connectivity index (χ1n) is 6.20. The zero-order chi connectivity index (χ0) is 13.8. The second-order valence-electron chi connectivity index (χ2n) is 4.68. The fraction of sp³-hybridized carbons (Fsp3) is 0.571. The standard InChI is InChI=1S/C14H20F3N/c1-4-7-18-13(14(15,16)17)9-12-8-10(2)5-6-11(12)3/h5-6,8,13,18H,4,7,9H2,1-3H3. The zero-order valence-electron chi connectivity index (χ0n) is 11.1. The third kappa shape index (κ3) is 4.33. The highest BCUT2D eigenvalue weighted by Crippen LogP contribution is 2.24. The summed E-state index contributed by atoms with van der Waals surface area (Å²) in [5.74, 6) is 0. The normalized spacial score (nSPS) is 13.7. The Morgan fingerprint density at radius 2 is 1.89 bits per heavy atom. The number of aryl methyl sites for hydroxylation is 2. The van der Waals surface area contributed by atoms with Crippen molar-refractivity contribution in [2.45, 2.75) is 45.8 Å². The van der Waals surface area contributed by atoms with Crippen molar-refractivity contribution >= 4 is 0 Å². The van der Waals surface area contributed by atoms with Gasteiger partial charge in [0.25, 0.3) is 0 Å². The second-order valence-corrected chi connectivity index (χ2v) is 4.68. The van der Waals surface area contributed by atoms with Gasteiger partial charge < -0.3 is 5.32 Å². The van der Waals surface area contributed by atoms with Gasteiger partial charge in [0.1, 0.15) is 6.04 Å². The van der Waals surface area contributed by atoms with Crippen molar-refractivity contribution in [2.24, 2.45) is 0 Å². The van der Waals surface area contributed by atoms with E-state index in [4.69, 9.17) is 0 Å². The van der Waals surface area contributed by atoms with Crippen LogP contribution in [0.15, 0.2) is 18.2 Å². The first-order valence-corrected chi connectivity index (χ1v) is 6.20. The van der Waals surface area contributed by atoms with E-state index >= 15 is 0 Å². The van der Waals surface area contributed by atoms with E-state index in [-0.39, 0.29) is 6.42 Å². The summed E-state index contributed by atoms with van der Waals surface area (Å²) in [5, 5.41) is 2.58. The molecular weight excluding hydrogens is 239 g/mol. The molecule has 0 aliphatic heterocycles. The Balaban J connectivity index is 2.85. The van der Waals surface area contributed by atoms with E-state index in [0.717, 1.165) is 16.7 Å². The van der Waals surface area contributed by atoms with Gasteiger partial charge in [-0.3, -0.25) is 0 Å². The number of halogens is 3. The van der Waals surface area contributed by atoms with E-state index in [9.17, 15) is 13.2 Å². The maximum absolute atomic E-state index is 12.9. The van der Waals surface area contributed by atoms with Gasteiger partial charge in [-0.1, -0.05) is 30.7 Å².